The van der Waals surface area contributed by atoms with E-state index in [0.717, 1.165) is 4.47 Å². The highest BCUT2D eigenvalue weighted by atomic mass is 79.9. The van der Waals surface area contributed by atoms with Gasteiger partial charge in [0.1, 0.15) is 11.1 Å². The Morgan fingerprint density at radius 1 is 1.13 bits per heavy atom. The van der Waals surface area contributed by atoms with E-state index in [1.165, 1.54) is 4.57 Å². The second kappa shape index (κ2) is 5.11. The zero-order valence-electron chi connectivity index (χ0n) is 11.5. The summed E-state index contributed by atoms with van der Waals surface area (Å²) in [5, 5.41) is 1.10. The second-order valence-corrected chi connectivity index (χ2v) is 6.35. The predicted octanol–water partition coefficient (Wildman–Crippen LogP) is 3.84. The van der Waals surface area contributed by atoms with Gasteiger partial charge in [-0.3, -0.25) is 14.3 Å². The lowest BCUT2D eigenvalue weighted by atomic mass is 10.2. The van der Waals surface area contributed by atoms with Gasteiger partial charge in [0.25, 0.3) is 5.56 Å². The largest absolute Gasteiger partial charge is 0.449 e. The average Bonchev–Trinajstić information content (AvgIpc) is 2.87. The third kappa shape index (κ3) is 2.22. The number of furan rings is 1. The molecule has 2 aromatic heterocycles. The van der Waals surface area contributed by atoms with E-state index in [0.29, 0.717) is 27.2 Å². The lowest BCUT2D eigenvalue weighted by Crippen LogP contribution is -2.28. The molecule has 0 bridgehead atoms. The number of aromatic amines is 1. The molecule has 114 valence electrons. The molecule has 0 aliphatic heterocycles. The Morgan fingerprint density at radius 3 is 2.74 bits per heavy atom. The fraction of sp³-hybridized carbons (Fsp3) is 0. The first-order valence-corrected chi connectivity index (χ1v) is 7.85. The first-order chi connectivity index (χ1) is 11.0. The van der Waals surface area contributed by atoms with Crippen LogP contribution < -0.4 is 11.2 Å². The van der Waals surface area contributed by atoms with Crippen LogP contribution in [0.1, 0.15) is 0 Å². The molecular weight excluding hydrogens is 384 g/mol. The summed E-state index contributed by atoms with van der Waals surface area (Å²) in [6.07, 6.45) is 0. The first kappa shape index (κ1) is 14.3. The van der Waals surface area contributed by atoms with Crippen LogP contribution in [0.3, 0.4) is 0 Å². The fourth-order valence-corrected chi connectivity index (χ4v) is 3.16. The Hall–Kier alpha value is -2.31. The van der Waals surface area contributed by atoms with Crippen molar-refractivity contribution < 1.29 is 4.42 Å². The highest BCUT2D eigenvalue weighted by Gasteiger charge is 2.17. The van der Waals surface area contributed by atoms with E-state index in [4.69, 9.17) is 16.0 Å². The van der Waals surface area contributed by atoms with Crippen LogP contribution in [0.2, 0.25) is 5.02 Å². The van der Waals surface area contributed by atoms with Gasteiger partial charge in [-0.25, -0.2) is 4.79 Å². The topological polar surface area (TPSA) is 68.0 Å². The molecule has 0 saturated carbocycles. The molecular formula is C16H8BrClN2O3. The lowest BCUT2D eigenvalue weighted by Gasteiger charge is -2.07. The van der Waals surface area contributed by atoms with Crippen LogP contribution in [0.15, 0.2) is 60.9 Å². The number of rotatable bonds is 1. The van der Waals surface area contributed by atoms with Gasteiger partial charge in [0, 0.05) is 14.9 Å². The maximum atomic E-state index is 12.4. The van der Waals surface area contributed by atoms with Crippen LogP contribution in [0.25, 0.3) is 27.8 Å². The fourth-order valence-electron chi connectivity index (χ4n) is 2.61. The summed E-state index contributed by atoms with van der Waals surface area (Å²) < 4.78 is 7.83. The number of nitrogens with one attached hydrogen (secondary N) is 1. The van der Waals surface area contributed by atoms with Crippen molar-refractivity contribution in [1.29, 1.82) is 0 Å². The van der Waals surface area contributed by atoms with E-state index in [-0.39, 0.29) is 5.58 Å². The molecule has 0 spiro atoms. The highest BCUT2D eigenvalue weighted by Crippen LogP contribution is 2.29. The molecule has 23 heavy (non-hydrogen) atoms. The highest BCUT2D eigenvalue weighted by molar-refractivity contribution is 9.10. The minimum Gasteiger partial charge on any atom is -0.449 e. The van der Waals surface area contributed by atoms with E-state index < -0.39 is 11.2 Å². The van der Waals surface area contributed by atoms with E-state index in [1.54, 1.807) is 36.4 Å². The summed E-state index contributed by atoms with van der Waals surface area (Å²) >= 11 is 9.44. The minimum atomic E-state index is -0.566. The Labute approximate surface area is 142 Å². The number of nitrogens with zero attached hydrogens (tertiary/aromatic N) is 1. The SMILES string of the molecule is O=c1[nH]c(=O)n(-c2cccc(Br)c2)c2c1oc1ccc(Cl)cc12. The van der Waals surface area contributed by atoms with Gasteiger partial charge in [-0.05, 0) is 36.4 Å². The third-order valence-corrected chi connectivity index (χ3v) is 4.27. The molecule has 2 heterocycles. The van der Waals surface area contributed by atoms with E-state index in [9.17, 15) is 9.59 Å². The molecule has 0 aliphatic carbocycles. The minimum absolute atomic E-state index is 0.0850. The van der Waals surface area contributed by atoms with Crippen molar-refractivity contribution in [2.24, 2.45) is 0 Å². The van der Waals surface area contributed by atoms with Crippen molar-refractivity contribution in [2.75, 3.05) is 0 Å². The molecule has 7 heteroatoms. The summed E-state index contributed by atoms with van der Waals surface area (Å²) in [5.74, 6) is 0. The van der Waals surface area contributed by atoms with Crippen molar-refractivity contribution in [3.63, 3.8) is 0 Å². The van der Waals surface area contributed by atoms with Crippen LogP contribution in [0.4, 0.5) is 0 Å². The van der Waals surface area contributed by atoms with Gasteiger partial charge in [0.2, 0.25) is 5.58 Å². The van der Waals surface area contributed by atoms with Crippen LogP contribution in [-0.2, 0) is 0 Å². The van der Waals surface area contributed by atoms with Crippen LogP contribution in [-0.4, -0.2) is 9.55 Å². The number of aromatic nitrogens is 2. The zero-order valence-corrected chi connectivity index (χ0v) is 13.8. The summed E-state index contributed by atoms with van der Waals surface area (Å²) in [6.45, 7) is 0. The van der Waals surface area contributed by atoms with Crippen molar-refractivity contribution in [3.05, 3.63) is 72.8 Å². The van der Waals surface area contributed by atoms with Crippen LogP contribution >= 0.6 is 27.5 Å². The van der Waals surface area contributed by atoms with Crippen LogP contribution in [0, 0.1) is 0 Å². The number of fused-ring (bicyclic) bond motifs is 3. The van der Waals surface area contributed by atoms with Gasteiger partial charge in [-0.15, -0.1) is 0 Å². The van der Waals surface area contributed by atoms with Gasteiger partial charge in [0.15, 0.2) is 0 Å². The molecule has 0 radical (unpaired) electrons. The van der Waals surface area contributed by atoms with Crippen molar-refractivity contribution >= 4 is 49.6 Å². The quantitative estimate of drug-likeness (QED) is 0.536. The van der Waals surface area contributed by atoms with Crippen LogP contribution in [0.5, 0.6) is 0 Å². The Bertz CT molecular complexity index is 1190. The van der Waals surface area contributed by atoms with Gasteiger partial charge >= 0.3 is 5.69 Å². The van der Waals surface area contributed by atoms with Crippen molar-refractivity contribution in [3.8, 4) is 5.69 Å². The lowest BCUT2D eigenvalue weighted by molar-refractivity contribution is 0.658. The Morgan fingerprint density at radius 2 is 1.96 bits per heavy atom. The number of hydrogen-bond donors (Lipinski definition) is 1. The normalized spacial score (nSPS) is 11.4. The monoisotopic (exact) mass is 390 g/mol. The molecule has 0 atom stereocenters. The smallest absolute Gasteiger partial charge is 0.333 e. The maximum absolute atomic E-state index is 12.4. The molecule has 2 aromatic carbocycles. The molecule has 1 N–H and O–H groups in total. The molecule has 4 aromatic rings. The summed E-state index contributed by atoms with van der Waals surface area (Å²) in [4.78, 5) is 26.8. The molecule has 4 rings (SSSR count). The number of benzene rings is 2. The molecule has 0 unspecified atom stereocenters. The van der Waals surface area contributed by atoms with E-state index >= 15 is 0 Å². The number of hydrogen-bond acceptors (Lipinski definition) is 3. The number of halogens is 2. The summed E-state index contributed by atoms with van der Waals surface area (Å²) in [7, 11) is 0. The summed E-state index contributed by atoms with van der Waals surface area (Å²) in [5.41, 5.74) is 0.473. The molecule has 5 nitrogen and oxygen atoms in total. The summed E-state index contributed by atoms with van der Waals surface area (Å²) in [6, 6.07) is 12.2. The standard InChI is InChI=1S/C16H8BrClN2O3/c17-8-2-1-3-10(6-8)20-13-11-7-9(18)4-5-12(11)23-14(13)15(21)19-16(20)22/h1-7H,(H,19,21,22). The maximum Gasteiger partial charge on any atom is 0.333 e. The Kier molecular flexibility index (Phi) is 3.18. The predicted molar refractivity (Wildman–Crippen MR) is 92.6 cm³/mol. The van der Waals surface area contributed by atoms with Crippen molar-refractivity contribution in [2.45, 2.75) is 0 Å². The third-order valence-electron chi connectivity index (χ3n) is 3.54. The van der Waals surface area contributed by atoms with Gasteiger partial charge in [0.05, 0.1) is 5.69 Å². The molecule has 0 aliphatic rings. The van der Waals surface area contributed by atoms with E-state index in [2.05, 4.69) is 20.9 Å². The second-order valence-electron chi connectivity index (χ2n) is 4.99. The number of H-pyrrole nitrogens is 1. The van der Waals surface area contributed by atoms with Crippen molar-refractivity contribution in [1.82, 2.24) is 9.55 Å². The molecule has 0 fully saturated rings. The zero-order chi connectivity index (χ0) is 16.1. The van der Waals surface area contributed by atoms with E-state index in [1.807, 2.05) is 6.07 Å². The molecule has 0 amide bonds. The molecule has 0 saturated heterocycles. The Balaban J connectivity index is 2.27. The average molecular weight is 392 g/mol. The van der Waals surface area contributed by atoms with Gasteiger partial charge in [-0.2, -0.15) is 0 Å². The first-order valence-electron chi connectivity index (χ1n) is 6.67. The van der Waals surface area contributed by atoms with Gasteiger partial charge < -0.3 is 4.42 Å². The van der Waals surface area contributed by atoms with Gasteiger partial charge in [-0.1, -0.05) is 33.6 Å².